The van der Waals surface area contributed by atoms with Gasteiger partial charge in [-0.15, -0.1) is 5.10 Å². The Morgan fingerprint density at radius 1 is 1.24 bits per heavy atom. The predicted octanol–water partition coefficient (Wildman–Crippen LogP) is 2.28. The molecule has 1 fully saturated rings. The maximum atomic E-state index is 4.42. The highest BCUT2D eigenvalue weighted by molar-refractivity contribution is 5.51. The molecule has 7 heteroatoms. The average Bonchev–Trinajstić information content (AvgIpc) is 3.26. The van der Waals surface area contributed by atoms with Crippen LogP contribution in [0.5, 0.6) is 0 Å². The number of nitrogens with one attached hydrogen (secondary N) is 1. The van der Waals surface area contributed by atoms with Gasteiger partial charge in [0.1, 0.15) is 5.69 Å². The SMILES string of the molecule is Cc1[nH]cnc1CN1CCC[C@@H](Cn2cc(-c3ccccn3)nn2)C1. The Kier molecular flexibility index (Phi) is 4.56. The fourth-order valence-electron chi connectivity index (χ4n) is 3.49. The third-order valence-corrected chi connectivity index (χ3v) is 4.82. The van der Waals surface area contributed by atoms with E-state index < -0.39 is 0 Å². The first-order valence-corrected chi connectivity index (χ1v) is 8.80. The zero-order valence-electron chi connectivity index (χ0n) is 14.5. The molecule has 130 valence electrons. The van der Waals surface area contributed by atoms with Crippen LogP contribution in [0.3, 0.4) is 0 Å². The summed E-state index contributed by atoms with van der Waals surface area (Å²) in [4.78, 5) is 14.4. The maximum absolute atomic E-state index is 4.42. The molecule has 0 bridgehead atoms. The van der Waals surface area contributed by atoms with Gasteiger partial charge in [-0.05, 0) is 44.4 Å². The highest BCUT2D eigenvalue weighted by Crippen LogP contribution is 2.21. The number of H-pyrrole nitrogens is 1. The second-order valence-electron chi connectivity index (χ2n) is 6.76. The molecule has 25 heavy (non-hydrogen) atoms. The smallest absolute Gasteiger partial charge is 0.131 e. The first-order chi connectivity index (χ1) is 12.3. The van der Waals surface area contributed by atoms with E-state index in [9.17, 15) is 0 Å². The van der Waals surface area contributed by atoms with E-state index in [4.69, 9.17) is 0 Å². The van der Waals surface area contributed by atoms with Crippen molar-refractivity contribution < 1.29 is 0 Å². The molecule has 0 aromatic carbocycles. The molecule has 1 N–H and O–H groups in total. The molecule has 4 rings (SSSR count). The summed E-state index contributed by atoms with van der Waals surface area (Å²) >= 11 is 0. The van der Waals surface area contributed by atoms with E-state index >= 15 is 0 Å². The van der Waals surface area contributed by atoms with Crippen LogP contribution in [0.25, 0.3) is 11.4 Å². The summed E-state index contributed by atoms with van der Waals surface area (Å²) in [5.74, 6) is 0.589. The second-order valence-corrected chi connectivity index (χ2v) is 6.76. The number of imidazole rings is 1. The number of likely N-dealkylation sites (tertiary alicyclic amines) is 1. The van der Waals surface area contributed by atoms with Crippen molar-refractivity contribution in [2.75, 3.05) is 13.1 Å². The number of piperidine rings is 1. The van der Waals surface area contributed by atoms with Gasteiger partial charge in [-0.25, -0.2) is 4.98 Å². The number of aromatic amines is 1. The molecule has 0 saturated carbocycles. The minimum Gasteiger partial charge on any atom is -0.348 e. The average molecular weight is 337 g/mol. The summed E-state index contributed by atoms with van der Waals surface area (Å²) in [6.07, 6.45) is 8.01. The lowest BCUT2D eigenvalue weighted by Gasteiger charge is -2.32. The van der Waals surface area contributed by atoms with Crippen molar-refractivity contribution >= 4 is 0 Å². The Morgan fingerprint density at radius 2 is 2.20 bits per heavy atom. The van der Waals surface area contributed by atoms with Gasteiger partial charge in [0, 0.05) is 31.5 Å². The van der Waals surface area contributed by atoms with Gasteiger partial charge in [0.25, 0.3) is 0 Å². The van der Waals surface area contributed by atoms with E-state index in [1.807, 2.05) is 29.1 Å². The molecule has 7 nitrogen and oxygen atoms in total. The Balaban J connectivity index is 1.38. The van der Waals surface area contributed by atoms with Crippen LogP contribution in [0, 0.1) is 12.8 Å². The largest absolute Gasteiger partial charge is 0.348 e. The topological polar surface area (TPSA) is 75.5 Å². The molecule has 1 atom stereocenters. The first kappa shape index (κ1) is 16.0. The lowest BCUT2D eigenvalue weighted by molar-refractivity contribution is 0.151. The molecule has 0 aliphatic carbocycles. The molecule has 0 amide bonds. The van der Waals surface area contributed by atoms with Crippen LogP contribution in [-0.4, -0.2) is 47.9 Å². The molecular weight excluding hydrogens is 314 g/mol. The zero-order chi connectivity index (χ0) is 17.1. The van der Waals surface area contributed by atoms with Crippen molar-refractivity contribution in [3.63, 3.8) is 0 Å². The van der Waals surface area contributed by atoms with Crippen LogP contribution in [0.4, 0.5) is 0 Å². The monoisotopic (exact) mass is 337 g/mol. The van der Waals surface area contributed by atoms with E-state index in [1.54, 1.807) is 12.5 Å². The van der Waals surface area contributed by atoms with E-state index in [0.29, 0.717) is 5.92 Å². The molecule has 3 aromatic heterocycles. The van der Waals surface area contributed by atoms with Gasteiger partial charge in [0.2, 0.25) is 0 Å². The van der Waals surface area contributed by atoms with Gasteiger partial charge in [0.05, 0.1) is 23.9 Å². The molecular formula is C18H23N7. The number of rotatable bonds is 5. The summed E-state index contributed by atoms with van der Waals surface area (Å²) in [5.41, 5.74) is 4.02. The minimum absolute atomic E-state index is 0.589. The molecule has 1 saturated heterocycles. The van der Waals surface area contributed by atoms with Crippen molar-refractivity contribution in [2.45, 2.75) is 32.9 Å². The Bertz CT molecular complexity index is 808. The summed E-state index contributed by atoms with van der Waals surface area (Å²) in [6, 6.07) is 5.84. The fourth-order valence-corrected chi connectivity index (χ4v) is 3.49. The molecule has 1 aliphatic rings. The number of nitrogens with zero attached hydrogens (tertiary/aromatic N) is 6. The highest BCUT2D eigenvalue weighted by Gasteiger charge is 2.22. The summed E-state index contributed by atoms with van der Waals surface area (Å²) in [5, 5.41) is 8.56. The van der Waals surface area contributed by atoms with Gasteiger partial charge >= 0.3 is 0 Å². The van der Waals surface area contributed by atoms with Gasteiger partial charge in [0.15, 0.2) is 0 Å². The molecule has 0 unspecified atom stereocenters. The standard InChI is InChI=1S/C18H23N7/c1-14-17(21-13-20-14)11-24-8-4-5-15(9-24)10-25-12-18(22-23-25)16-6-2-3-7-19-16/h2-3,6-7,12-13,15H,4-5,8-11H2,1H3,(H,20,21)/t15-/m1/s1. The quantitative estimate of drug-likeness (QED) is 0.773. The summed E-state index contributed by atoms with van der Waals surface area (Å²) in [6.45, 7) is 6.11. The van der Waals surface area contributed by atoms with Crippen molar-refractivity contribution in [2.24, 2.45) is 5.92 Å². The Hall–Kier alpha value is -2.54. The van der Waals surface area contributed by atoms with Crippen molar-refractivity contribution in [3.8, 4) is 11.4 Å². The first-order valence-electron chi connectivity index (χ1n) is 8.80. The lowest BCUT2D eigenvalue weighted by Crippen LogP contribution is -2.36. The number of hydrogen-bond acceptors (Lipinski definition) is 5. The third kappa shape index (κ3) is 3.76. The minimum atomic E-state index is 0.589. The van der Waals surface area contributed by atoms with E-state index in [-0.39, 0.29) is 0 Å². The number of aryl methyl sites for hydroxylation is 1. The van der Waals surface area contributed by atoms with Crippen LogP contribution in [0.1, 0.15) is 24.2 Å². The predicted molar refractivity (Wildman–Crippen MR) is 94.6 cm³/mol. The van der Waals surface area contributed by atoms with Gasteiger partial charge in [-0.3, -0.25) is 14.6 Å². The van der Waals surface area contributed by atoms with E-state index in [1.165, 1.54) is 18.5 Å². The van der Waals surface area contributed by atoms with E-state index in [2.05, 4.69) is 37.1 Å². The van der Waals surface area contributed by atoms with Crippen molar-refractivity contribution in [1.82, 2.24) is 34.8 Å². The second kappa shape index (κ2) is 7.14. The van der Waals surface area contributed by atoms with Gasteiger partial charge in [-0.2, -0.15) is 0 Å². The van der Waals surface area contributed by atoms with Crippen LogP contribution >= 0.6 is 0 Å². The zero-order valence-corrected chi connectivity index (χ0v) is 14.5. The summed E-state index contributed by atoms with van der Waals surface area (Å²) < 4.78 is 1.96. The highest BCUT2D eigenvalue weighted by atomic mass is 15.4. The van der Waals surface area contributed by atoms with Crippen LogP contribution in [-0.2, 0) is 13.1 Å². The summed E-state index contributed by atoms with van der Waals surface area (Å²) in [7, 11) is 0. The maximum Gasteiger partial charge on any atom is 0.131 e. The molecule has 0 spiro atoms. The molecule has 4 heterocycles. The van der Waals surface area contributed by atoms with E-state index in [0.717, 1.165) is 43.3 Å². The fraction of sp³-hybridized carbons (Fsp3) is 0.444. The number of hydrogen-bond donors (Lipinski definition) is 1. The molecule has 0 radical (unpaired) electrons. The van der Waals surface area contributed by atoms with Crippen molar-refractivity contribution in [1.29, 1.82) is 0 Å². The van der Waals surface area contributed by atoms with Gasteiger partial charge < -0.3 is 4.98 Å². The van der Waals surface area contributed by atoms with Crippen LogP contribution < -0.4 is 0 Å². The Labute approximate surface area is 147 Å². The van der Waals surface area contributed by atoms with Crippen LogP contribution in [0.2, 0.25) is 0 Å². The van der Waals surface area contributed by atoms with Gasteiger partial charge in [-0.1, -0.05) is 11.3 Å². The third-order valence-electron chi connectivity index (χ3n) is 4.82. The Morgan fingerprint density at radius 3 is 3.00 bits per heavy atom. The molecule has 3 aromatic rings. The number of pyridine rings is 1. The normalized spacial score (nSPS) is 18.5. The van der Waals surface area contributed by atoms with Crippen molar-refractivity contribution in [3.05, 3.63) is 48.3 Å². The number of aromatic nitrogens is 6. The van der Waals surface area contributed by atoms with Crippen LogP contribution in [0.15, 0.2) is 36.9 Å². The lowest BCUT2D eigenvalue weighted by atomic mass is 9.98. The molecule has 1 aliphatic heterocycles.